The van der Waals surface area contributed by atoms with Crippen LogP contribution in [0.4, 0.5) is 0 Å². The molecule has 1 atom stereocenters. The summed E-state index contributed by atoms with van der Waals surface area (Å²) in [5, 5.41) is 8.77. The maximum Gasteiger partial charge on any atom is 0.307 e. The SMILES string of the molecule is O=C(O)C1CCN(CC2CC2)C(=O)C1. The molecule has 1 saturated carbocycles. The average Bonchev–Trinajstić information content (AvgIpc) is 2.92. The van der Waals surface area contributed by atoms with Gasteiger partial charge in [0.05, 0.1) is 5.92 Å². The van der Waals surface area contributed by atoms with Gasteiger partial charge in [-0.3, -0.25) is 9.59 Å². The molecule has 0 aromatic carbocycles. The molecule has 1 unspecified atom stereocenters. The molecular weight excluding hydrogens is 182 g/mol. The van der Waals surface area contributed by atoms with Gasteiger partial charge < -0.3 is 10.0 Å². The number of amides is 1. The second kappa shape index (κ2) is 3.59. The Labute approximate surface area is 82.9 Å². The van der Waals surface area contributed by atoms with Crippen molar-refractivity contribution in [1.29, 1.82) is 0 Å². The number of carbonyl (C=O) groups excluding carboxylic acids is 1. The first kappa shape index (κ1) is 9.49. The van der Waals surface area contributed by atoms with Gasteiger partial charge in [-0.05, 0) is 25.2 Å². The zero-order valence-electron chi connectivity index (χ0n) is 8.11. The largest absolute Gasteiger partial charge is 0.481 e. The smallest absolute Gasteiger partial charge is 0.307 e. The van der Waals surface area contributed by atoms with E-state index in [-0.39, 0.29) is 12.3 Å². The van der Waals surface area contributed by atoms with Crippen LogP contribution in [0.1, 0.15) is 25.7 Å². The third-order valence-electron chi connectivity index (χ3n) is 3.05. The van der Waals surface area contributed by atoms with Crippen LogP contribution < -0.4 is 0 Å². The van der Waals surface area contributed by atoms with E-state index in [1.807, 2.05) is 4.90 Å². The van der Waals surface area contributed by atoms with Crippen LogP contribution in [-0.4, -0.2) is 35.0 Å². The molecule has 1 saturated heterocycles. The number of carbonyl (C=O) groups is 2. The summed E-state index contributed by atoms with van der Waals surface area (Å²) in [6.07, 6.45) is 3.27. The molecule has 1 N–H and O–H groups in total. The van der Waals surface area contributed by atoms with E-state index >= 15 is 0 Å². The third kappa shape index (κ3) is 2.05. The van der Waals surface area contributed by atoms with E-state index in [0.717, 1.165) is 6.54 Å². The van der Waals surface area contributed by atoms with Crippen molar-refractivity contribution in [2.75, 3.05) is 13.1 Å². The summed E-state index contributed by atoms with van der Waals surface area (Å²) < 4.78 is 0. The molecule has 14 heavy (non-hydrogen) atoms. The summed E-state index contributed by atoms with van der Waals surface area (Å²) in [5.41, 5.74) is 0. The molecule has 2 fully saturated rings. The van der Waals surface area contributed by atoms with Crippen molar-refractivity contribution in [3.8, 4) is 0 Å². The van der Waals surface area contributed by atoms with Gasteiger partial charge in [0.25, 0.3) is 0 Å². The molecule has 4 nitrogen and oxygen atoms in total. The predicted molar refractivity (Wildman–Crippen MR) is 49.7 cm³/mol. The molecule has 78 valence electrons. The maximum atomic E-state index is 11.5. The van der Waals surface area contributed by atoms with Crippen LogP contribution in [0.15, 0.2) is 0 Å². The molecule has 2 rings (SSSR count). The molecule has 0 bridgehead atoms. The highest BCUT2D eigenvalue weighted by atomic mass is 16.4. The normalized spacial score (nSPS) is 27.9. The molecule has 0 radical (unpaired) electrons. The van der Waals surface area contributed by atoms with Crippen LogP contribution in [0.5, 0.6) is 0 Å². The fourth-order valence-corrected chi connectivity index (χ4v) is 1.89. The van der Waals surface area contributed by atoms with E-state index in [2.05, 4.69) is 0 Å². The molecule has 1 amide bonds. The fourth-order valence-electron chi connectivity index (χ4n) is 1.89. The molecule has 1 aliphatic heterocycles. The van der Waals surface area contributed by atoms with Crippen molar-refractivity contribution in [2.24, 2.45) is 11.8 Å². The summed E-state index contributed by atoms with van der Waals surface area (Å²) in [4.78, 5) is 24.0. The van der Waals surface area contributed by atoms with Crippen molar-refractivity contribution in [3.05, 3.63) is 0 Å². The Morgan fingerprint density at radius 2 is 2.14 bits per heavy atom. The van der Waals surface area contributed by atoms with Crippen LogP contribution in [0, 0.1) is 11.8 Å². The minimum absolute atomic E-state index is 0.0237. The molecule has 2 aliphatic rings. The number of hydrogen-bond acceptors (Lipinski definition) is 2. The Morgan fingerprint density at radius 1 is 1.43 bits per heavy atom. The summed E-state index contributed by atoms with van der Waals surface area (Å²) in [6.45, 7) is 1.48. The van der Waals surface area contributed by atoms with E-state index in [9.17, 15) is 9.59 Å². The van der Waals surface area contributed by atoms with E-state index in [0.29, 0.717) is 18.9 Å². The number of likely N-dealkylation sites (tertiary alicyclic amines) is 1. The van der Waals surface area contributed by atoms with E-state index < -0.39 is 11.9 Å². The van der Waals surface area contributed by atoms with Gasteiger partial charge in [-0.2, -0.15) is 0 Å². The number of aliphatic carboxylic acids is 1. The molecule has 1 aliphatic carbocycles. The summed E-state index contributed by atoms with van der Waals surface area (Å²) in [6, 6.07) is 0. The standard InChI is InChI=1S/C10H15NO3/c12-9-5-8(10(13)14)3-4-11(9)6-7-1-2-7/h7-8H,1-6H2,(H,13,14). The van der Waals surface area contributed by atoms with Crippen molar-refractivity contribution in [3.63, 3.8) is 0 Å². The minimum atomic E-state index is -0.829. The van der Waals surface area contributed by atoms with Crippen LogP contribution in [0.2, 0.25) is 0 Å². The zero-order chi connectivity index (χ0) is 10.1. The fraction of sp³-hybridized carbons (Fsp3) is 0.800. The number of nitrogens with zero attached hydrogens (tertiary/aromatic N) is 1. The first-order valence-electron chi connectivity index (χ1n) is 5.17. The minimum Gasteiger partial charge on any atom is -0.481 e. The number of carboxylic acid groups (broad SMARTS) is 1. The van der Waals surface area contributed by atoms with Crippen molar-refractivity contribution in [1.82, 2.24) is 4.90 Å². The lowest BCUT2D eigenvalue weighted by Crippen LogP contribution is -2.41. The third-order valence-corrected chi connectivity index (χ3v) is 3.05. The van der Waals surface area contributed by atoms with E-state index in [4.69, 9.17) is 5.11 Å². The van der Waals surface area contributed by atoms with Gasteiger partial charge in [0.15, 0.2) is 0 Å². The quantitative estimate of drug-likeness (QED) is 0.725. The van der Waals surface area contributed by atoms with Crippen LogP contribution in [-0.2, 0) is 9.59 Å². The van der Waals surface area contributed by atoms with Crippen LogP contribution >= 0.6 is 0 Å². The summed E-state index contributed by atoms with van der Waals surface area (Å²) in [7, 11) is 0. The molecular formula is C10H15NO3. The van der Waals surface area contributed by atoms with Gasteiger partial charge in [-0.1, -0.05) is 0 Å². The summed E-state index contributed by atoms with van der Waals surface area (Å²) >= 11 is 0. The number of carboxylic acids is 1. The van der Waals surface area contributed by atoms with Crippen molar-refractivity contribution < 1.29 is 14.7 Å². The van der Waals surface area contributed by atoms with Crippen LogP contribution in [0.3, 0.4) is 0 Å². The Hall–Kier alpha value is -1.06. The highest BCUT2D eigenvalue weighted by Crippen LogP contribution is 2.31. The zero-order valence-corrected chi connectivity index (χ0v) is 8.11. The van der Waals surface area contributed by atoms with E-state index in [1.165, 1.54) is 12.8 Å². The van der Waals surface area contributed by atoms with Gasteiger partial charge in [0.2, 0.25) is 5.91 Å². The van der Waals surface area contributed by atoms with Gasteiger partial charge in [0, 0.05) is 19.5 Å². The molecule has 0 aromatic rings. The number of piperidine rings is 1. The predicted octanol–water partition coefficient (Wildman–Crippen LogP) is 0.720. The summed E-state index contributed by atoms with van der Waals surface area (Å²) in [5.74, 6) is -0.557. The molecule has 0 aromatic heterocycles. The Balaban J connectivity index is 1.86. The second-order valence-electron chi connectivity index (χ2n) is 4.31. The first-order valence-corrected chi connectivity index (χ1v) is 5.17. The number of rotatable bonds is 3. The van der Waals surface area contributed by atoms with Gasteiger partial charge in [0.1, 0.15) is 0 Å². The van der Waals surface area contributed by atoms with Crippen molar-refractivity contribution in [2.45, 2.75) is 25.7 Å². The van der Waals surface area contributed by atoms with E-state index in [1.54, 1.807) is 0 Å². The Kier molecular flexibility index (Phi) is 2.44. The lowest BCUT2D eigenvalue weighted by Gasteiger charge is -2.29. The Morgan fingerprint density at radius 3 is 2.64 bits per heavy atom. The average molecular weight is 197 g/mol. The van der Waals surface area contributed by atoms with Gasteiger partial charge in [-0.15, -0.1) is 0 Å². The topological polar surface area (TPSA) is 57.6 Å². The maximum absolute atomic E-state index is 11.5. The number of hydrogen-bond donors (Lipinski definition) is 1. The lowest BCUT2D eigenvalue weighted by molar-refractivity contribution is -0.149. The highest BCUT2D eigenvalue weighted by molar-refractivity contribution is 5.83. The van der Waals surface area contributed by atoms with Crippen LogP contribution in [0.25, 0.3) is 0 Å². The first-order chi connectivity index (χ1) is 6.66. The van der Waals surface area contributed by atoms with Crippen molar-refractivity contribution >= 4 is 11.9 Å². The lowest BCUT2D eigenvalue weighted by atomic mass is 9.96. The van der Waals surface area contributed by atoms with Gasteiger partial charge in [-0.25, -0.2) is 0 Å². The monoisotopic (exact) mass is 197 g/mol. The highest BCUT2D eigenvalue weighted by Gasteiger charge is 2.33. The molecule has 4 heteroatoms. The second-order valence-corrected chi connectivity index (χ2v) is 4.31. The molecule has 0 spiro atoms. The van der Waals surface area contributed by atoms with Gasteiger partial charge >= 0.3 is 5.97 Å². The Bertz CT molecular complexity index is 260. The molecule has 1 heterocycles.